The van der Waals surface area contributed by atoms with E-state index in [0.717, 1.165) is 0 Å². The van der Waals surface area contributed by atoms with Crippen molar-refractivity contribution < 1.29 is 29.0 Å². The second-order valence-corrected chi connectivity index (χ2v) is 8.06. The van der Waals surface area contributed by atoms with Gasteiger partial charge in [-0.15, -0.1) is 0 Å². The number of nitrogens with zero attached hydrogens (tertiary/aromatic N) is 1. The number of carboxylic acids is 1. The first kappa shape index (κ1) is 22.7. The maximum absolute atomic E-state index is 12.8. The number of hydrogen-bond donors (Lipinski definition) is 2. The van der Waals surface area contributed by atoms with Gasteiger partial charge in [-0.3, -0.25) is 9.59 Å². The summed E-state index contributed by atoms with van der Waals surface area (Å²) in [6.07, 6.45) is 0.218. The molecule has 1 atom stereocenters. The van der Waals surface area contributed by atoms with E-state index >= 15 is 0 Å². The van der Waals surface area contributed by atoms with Crippen molar-refractivity contribution in [3.8, 4) is 0 Å². The zero-order valence-corrected chi connectivity index (χ0v) is 16.7. The molecule has 1 saturated heterocycles. The summed E-state index contributed by atoms with van der Waals surface area (Å²) in [6.45, 7) is 9.11. The largest absolute Gasteiger partial charge is 0.548 e. The van der Waals surface area contributed by atoms with Gasteiger partial charge in [-0.05, 0) is 39.5 Å². The highest BCUT2D eigenvalue weighted by molar-refractivity contribution is 5.87. The summed E-state index contributed by atoms with van der Waals surface area (Å²) in [5.74, 6) is -2.38. The Morgan fingerprint density at radius 2 is 1.70 bits per heavy atom. The van der Waals surface area contributed by atoms with Crippen molar-refractivity contribution in [1.82, 2.24) is 15.5 Å². The van der Waals surface area contributed by atoms with Gasteiger partial charge in [-0.2, -0.15) is 0 Å². The van der Waals surface area contributed by atoms with Crippen LogP contribution in [0.25, 0.3) is 0 Å². The number of aliphatic carboxylic acids is 1. The maximum atomic E-state index is 12.8. The van der Waals surface area contributed by atoms with Gasteiger partial charge in [0.1, 0.15) is 11.6 Å². The number of hydrogen-bond acceptors (Lipinski definition) is 6. The quantitative estimate of drug-likeness (QED) is 0.644. The average Bonchev–Trinajstić information content (AvgIpc) is 2.55. The predicted molar refractivity (Wildman–Crippen MR) is 95.3 cm³/mol. The van der Waals surface area contributed by atoms with E-state index in [1.807, 2.05) is 13.8 Å². The number of carbonyl (C=O) groups is 4. The van der Waals surface area contributed by atoms with Crippen LogP contribution in [0, 0.1) is 11.8 Å². The molecule has 1 heterocycles. The molecule has 154 valence electrons. The number of carboxylic acid groups (broad SMARTS) is 1. The number of amides is 3. The molecular weight excluding hydrogens is 354 g/mol. The van der Waals surface area contributed by atoms with Gasteiger partial charge >= 0.3 is 6.09 Å². The molecule has 27 heavy (non-hydrogen) atoms. The number of rotatable bonds is 6. The molecular formula is C18H30N3O6-. The Hall–Kier alpha value is -2.32. The molecule has 1 fully saturated rings. The normalized spacial score (nSPS) is 16.6. The lowest BCUT2D eigenvalue weighted by Crippen LogP contribution is -2.54. The van der Waals surface area contributed by atoms with E-state index in [2.05, 4.69) is 10.6 Å². The third-order valence-electron chi connectivity index (χ3n) is 4.19. The van der Waals surface area contributed by atoms with Crippen LogP contribution in [0.1, 0.15) is 47.5 Å². The Morgan fingerprint density at radius 3 is 2.15 bits per heavy atom. The summed E-state index contributed by atoms with van der Waals surface area (Å²) in [5, 5.41) is 15.4. The van der Waals surface area contributed by atoms with Crippen molar-refractivity contribution in [3.05, 3.63) is 0 Å². The Balaban J connectivity index is 2.60. The molecule has 0 spiro atoms. The lowest BCUT2D eigenvalue weighted by atomic mass is 9.94. The van der Waals surface area contributed by atoms with E-state index in [1.54, 1.807) is 25.7 Å². The molecule has 0 unspecified atom stereocenters. The highest BCUT2D eigenvalue weighted by Crippen LogP contribution is 2.19. The minimum Gasteiger partial charge on any atom is -0.548 e. The van der Waals surface area contributed by atoms with E-state index < -0.39 is 30.3 Å². The van der Waals surface area contributed by atoms with E-state index in [0.29, 0.717) is 25.9 Å². The summed E-state index contributed by atoms with van der Waals surface area (Å²) in [7, 11) is 0. The number of nitrogens with one attached hydrogen (secondary N) is 2. The third kappa shape index (κ3) is 7.84. The number of piperidine rings is 1. The van der Waals surface area contributed by atoms with Gasteiger partial charge in [-0.25, -0.2) is 4.79 Å². The summed E-state index contributed by atoms with van der Waals surface area (Å²) in [4.78, 5) is 48.8. The maximum Gasteiger partial charge on any atom is 0.408 e. The zero-order chi connectivity index (χ0) is 20.8. The van der Waals surface area contributed by atoms with Crippen molar-refractivity contribution in [2.45, 2.75) is 59.1 Å². The molecule has 0 aromatic carbocycles. The fourth-order valence-corrected chi connectivity index (χ4v) is 2.81. The molecule has 1 aliphatic heterocycles. The predicted octanol–water partition coefficient (Wildman–Crippen LogP) is -0.360. The molecule has 0 aromatic heterocycles. The van der Waals surface area contributed by atoms with E-state index in [4.69, 9.17) is 4.74 Å². The summed E-state index contributed by atoms with van der Waals surface area (Å²) >= 11 is 0. The van der Waals surface area contributed by atoms with Gasteiger partial charge in [0.2, 0.25) is 11.8 Å². The van der Waals surface area contributed by atoms with Crippen molar-refractivity contribution in [2.24, 2.45) is 11.8 Å². The molecule has 1 rings (SSSR count). The number of carbonyl (C=O) groups excluding carboxylic acids is 4. The molecule has 3 amide bonds. The topological polar surface area (TPSA) is 128 Å². The highest BCUT2D eigenvalue weighted by atomic mass is 16.6. The molecule has 2 N–H and O–H groups in total. The monoisotopic (exact) mass is 384 g/mol. The molecule has 0 aromatic rings. The first-order valence-electron chi connectivity index (χ1n) is 9.16. The van der Waals surface area contributed by atoms with Crippen molar-refractivity contribution in [2.75, 3.05) is 19.6 Å². The summed E-state index contributed by atoms with van der Waals surface area (Å²) in [6, 6.07) is -0.719. The van der Waals surface area contributed by atoms with Gasteiger partial charge in [-0.1, -0.05) is 13.8 Å². The Morgan fingerprint density at radius 1 is 1.15 bits per heavy atom. The number of ether oxygens (including phenoxy) is 1. The van der Waals surface area contributed by atoms with Gasteiger partial charge in [0.05, 0.1) is 12.5 Å². The molecule has 0 saturated carbocycles. The molecule has 9 nitrogen and oxygen atoms in total. The van der Waals surface area contributed by atoms with Crippen molar-refractivity contribution >= 4 is 23.9 Å². The second kappa shape index (κ2) is 9.57. The van der Waals surface area contributed by atoms with Gasteiger partial charge in [0, 0.05) is 19.0 Å². The minimum absolute atomic E-state index is 0.130. The highest BCUT2D eigenvalue weighted by Gasteiger charge is 2.33. The van der Waals surface area contributed by atoms with Gasteiger partial charge in [0.15, 0.2) is 0 Å². The van der Waals surface area contributed by atoms with E-state index in [9.17, 15) is 24.3 Å². The summed E-state index contributed by atoms with van der Waals surface area (Å²) < 4.78 is 5.22. The molecule has 1 aliphatic rings. The lowest BCUT2D eigenvalue weighted by Gasteiger charge is -2.35. The number of likely N-dealkylation sites (tertiary alicyclic amines) is 1. The fourth-order valence-electron chi connectivity index (χ4n) is 2.81. The smallest absolute Gasteiger partial charge is 0.408 e. The zero-order valence-electron chi connectivity index (χ0n) is 16.7. The van der Waals surface area contributed by atoms with Crippen LogP contribution in [-0.2, 0) is 19.1 Å². The van der Waals surface area contributed by atoms with Crippen molar-refractivity contribution in [1.29, 1.82) is 0 Å². The van der Waals surface area contributed by atoms with Crippen LogP contribution in [0.4, 0.5) is 4.79 Å². The SMILES string of the molecule is CC(C)[C@H](NC(=O)OC(C)(C)C)C(=O)N1CCC(C(=O)NCC(=O)[O-])CC1. The van der Waals surface area contributed by atoms with Crippen molar-refractivity contribution in [3.63, 3.8) is 0 Å². The van der Waals surface area contributed by atoms with Crippen LogP contribution in [0.3, 0.4) is 0 Å². The van der Waals surface area contributed by atoms with Crippen LogP contribution in [-0.4, -0.2) is 60.1 Å². The first-order chi connectivity index (χ1) is 12.4. The van der Waals surface area contributed by atoms with E-state index in [-0.39, 0.29) is 23.7 Å². The first-order valence-corrected chi connectivity index (χ1v) is 9.16. The Kier molecular flexibility index (Phi) is 8.05. The number of alkyl carbamates (subject to hydrolysis) is 1. The van der Waals surface area contributed by atoms with Crippen LogP contribution in [0.5, 0.6) is 0 Å². The van der Waals surface area contributed by atoms with Gasteiger partial charge < -0.3 is 30.2 Å². The van der Waals surface area contributed by atoms with Crippen LogP contribution in [0.2, 0.25) is 0 Å². The molecule has 9 heteroatoms. The summed E-state index contributed by atoms with van der Waals surface area (Å²) in [5.41, 5.74) is -0.661. The Labute approximate surface area is 159 Å². The average molecular weight is 384 g/mol. The van der Waals surface area contributed by atoms with Gasteiger partial charge in [0.25, 0.3) is 0 Å². The second-order valence-electron chi connectivity index (χ2n) is 8.06. The van der Waals surface area contributed by atoms with E-state index in [1.165, 1.54) is 0 Å². The van der Waals surface area contributed by atoms with Crippen LogP contribution >= 0.6 is 0 Å². The molecule has 0 radical (unpaired) electrons. The Bertz CT molecular complexity index is 562. The fraction of sp³-hybridized carbons (Fsp3) is 0.778. The van der Waals surface area contributed by atoms with Crippen LogP contribution < -0.4 is 15.7 Å². The minimum atomic E-state index is -1.34. The lowest BCUT2D eigenvalue weighted by molar-refractivity contribution is -0.304. The van der Waals surface area contributed by atoms with Crippen LogP contribution in [0.15, 0.2) is 0 Å². The standard InChI is InChI=1S/C18H31N3O6/c1-11(2)14(20-17(26)27-18(3,4)5)16(25)21-8-6-12(7-9-21)15(24)19-10-13(22)23/h11-12,14H,6-10H2,1-5H3,(H,19,24)(H,20,26)(H,22,23)/p-1/t14-/m0/s1. The third-order valence-corrected chi connectivity index (χ3v) is 4.19. The molecule has 0 bridgehead atoms. The molecule has 0 aliphatic carbocycles.